The highest BCUT2D eigenvalue weighted by molar-refractivity contribution is 5.81. The third-order valence-electron chi connectivity index (χ3n) is 1.44. The molecule has 0 rings (SSSR count). The number of rotatable bonds is 2. The van der Waals surface area contributed by atoms with Crippen LogP contribution in [0, 0.1) is 5.41 Å². The largest absolute Gasteiger partial charge is 0.405 e. The fourth-order valence-electron chi connectivity index (χ4n) is 0.281. The summed E-state index contributed by atoms with van der Waals surface area (Å²) < 4.78 is 47.2. The van der Waals surface area contributed by atoms with Gasteiger partial charge in [-0.2, -0.15) is 13.2 Å². The van der Waals surface area contributed by atoms with Crippen molar-refractivity contribution in [2.75, 3.05) is 6.67 Å². The lowest BCUT2D eigenvalue weighted by Crippen LogP contribution is -2.48. The van der Waals surface area contributed by atoms with Crippen LogP contribution in [-0.2, 0) is 4.79 Å². The summed E-state index contributed by atoms with van der Waals surface area (Å²) in [4.78, 5) is 10.2. The first-order valence-electron chi connectivity index (χ1n) is 2.68. The van der Waals surface area contributed by atoms with E-state index in [0.29, 0.717) is 6.92 Å². The van der Waals surface area contributed by atoms with E-state index >= 15 is 0 Å². The van der Waals surface area contributed by atoms with Crippen LogP contribution >= 0.6 is 0 Å². The van der Waals surface area contributed by atoms with E-state index in [1.54, 1.807) is 0 Å². The number of primary amides is 1. The predicted molar refractivity (Wildman–Crippen MR) is 29.3 cm³/mol. The van der Waals surface area contributed by atoms with Crippen LogP contribution in [0.2, 0.25) is 0 Å². The van der Waals surface area contributed by atoms with E-state index < -0.39 is 24.2 Å². The van der Waals surface area contributed by atoms with Crippen LogP contribution in [0.5, 0.6) is 0 Å². The van der Waals surface area contributed by atoms with Crippen LogP contribution in [0.3, 0.4) is 0 Å². The van der Waals surface area contributed by atoms with Gasteiger partial charge < -0.3 is 5.73 Å². The molecule has 0 aromatic heterocycles. The van der Waals surface area contributed by atoms with Gasteiger partial charge in [-0.1, -0.05) is 0 Å². The Morgan fingerprint density at radius 3 is 1.82 bits per heavy atom. The number of carbonyl (C=O) groups is 1. The van der Waals surface area contributed by atoms with Gasteiger partial charge in [-0.05, 0) is 6.92 Å². The SMILES string of the molecule is CC(CF)(C(N)=O)C(F)(F)F. The molecular formula is C5H7F4NO. The Hall–Kier alpha value is -0.810. The van der Waals surface area contributed by atoms with Crippen LogP contribution in [0.4, 0.5) is 17.6 Å². The van der Waals surface area contributed by atoms with Gasteiger partial charge in [0.25, 0.3) is 0 Å². The van der Waals surface area contributed by atoms with Crippen molar-refractivity contribution in [1.29, 1.82) is 0 Å². The normalized spacial score (nSPS) is 17.5. The Kier molecular flexibility index (Phi) is 2.47. The molecule has 6 heteroatoms. The Morgan fingerprint density at radius 2 is 1.82 bits per heavy atom. The molecule has 1 unspecified atom stereocenters. The second-order valence-corrected chi connectivity index (χ2v) is 2.33. The maximum absolute atomic E-state index is 11.8. The summed E-state index contributed by atoms with van der Waals surface area (Å²) in [6.45, 7) is -1.40. The Bertz CT molecular complexity index is 166. The molecule has 0 aromatic carbocycles. The summed E-state index contributed by atoms with van der Waals surface area (Å²) in [5, 5.41) is 0. The van der Waals surface area contributed by atoms with Crippen LogP contribution in [0.1, 0.15) is 6.92 Å². The molecule has 1 amide bonds. The van der Waals surface area contributed by atoms with Crippen molar-refractivity contribution in [1.82, 2.24) is 0 Å². The van der Waals surface area contributed by atoms with Crippen molar-refractivity contribution in [2.24, 2.45) is 11.1 Å². The molecule has 0 fully saturated rings. The summed E-state index contributed by atoms with van der Waals surface area (Å²) in [6.07, 6.45) is -4.92. The van der Waals surface area contributed by atoms with E-state index in [9.17, 15) is 22.4 Å². The van der Waals surface area contributed by atoms with Crippen molar-refractivity contribution in [2.45, 2.75) is 13.1 Å². The quantitative estimate of drug-likeness (QED) is 0.622. The van der Waals surface area contributed by atoms with Crippen molar-refractivity contribution < 1.29 is 22.4 Å². The van der Waals surface area contributed by atoms with Gasteiger partial charge in [-0.3, -0.25) is 4.79 Å². The number of hydrogen-bond acceptors (Lipinski definition) is 1. The zero-order valence-electron chi connectivity index (χ0n) is 5.70. The molecule has 0 aromatic rings. The van der Waals surface area contributed by atoms with Crippen LogP contribution < -0.4 is 5.73 Å². The first kappa shape index (κ1) is 10.2. The first-order chi connectivity index (χ1) is 4.75. The molecule has 0 bridgehead atoms. The molecule has 0 saturated heterocycles. The third kappa shape index (κ3) is 1.61. The van der Waals surface area contributed by atoms with Gasteiger partial charge in [0.1, 0.15) is 6.67 Å². The maximum atomic E-state index is 11.8. The van der Waals surface area contributed by atoms with E-state index in [-0.39, 0.29) is 0 Å². The molecule has 66 valence electrons. The smallest absolute Gasteiger partial charge is 0.369 e. The topological polar surface area (TPSA) is 43.1 Å². The molecule has 2 nitrogen and oxygen atoms in total. The summed E-state index contributed by atoms with van der Waals surface area (Å²) >= 11 is 0. The Morgan fingerprint density at radius 1 is 1.45 bits per heavy atom. The summed E-state index contributed by atoms with van der Waals surface area (Å²) in [6, 6.07) is 0. The van der Waals surface area contributed by atoms with Crippen molar-refractivity contribution in [3.05, 3.63) is 0 Å². The van der Waals surface area contributed by atoms with Crippen LogP contribution in [-0.4, -0.2) is 18.8 Å². The Balaban J connectivity index is 4.75. The second-order valence-electron chi connectivity index (χ2n) is 2.33. The fraction of sp³-hybridized carbons (Fsp3) is 0.800. The highest BCUT2D eigenvalue weighted by atomic mass is 19.4. The molecule has 0 aliphatic carbocycles. The summed E-state index contributed by atoms with van der Waals surface area (Å²) in [5.74, 6) is -1.70. The monoisotopic (exact) mass is 173 g/mol. The minimum absolute atomic E-state index is 0.426. The fourth-order valence-corrected chi connectivity index (χ4v) is 0.281. The molecule has 0 aliphatic heterocycles. The lowest BCUT2D eigenvalue weighted by Gasteiger charge is -2.24. The summed E-state index contributed by atoms with van der Waals surface area (Å²) in [7, 11) is 0. The third-order valence-corrected chi connectivity index (χ3v) is 1.44. The number of carbonyl (C=O) groups excluding carboxylic acids is 1. The van der Waals surface area contributed by atoms with E-state index in [0.717, 1.165) is 0 Å². The Labute approximate surface area is 60.4 Å². The zero-order chi connectivity index (χ0) is 9.28. The molecule has 0 spiro atoms. The zero-order valence-corrected chi connectivity index (χ0v) is 5.70. The van der Waals surface area contributed by atoms with E-state index in [4.69, 9.17) is 0 Å². The second kappa shape index (κ2) is 2.67. The lowest BCUT2D eigenvalue weighted by molar-refractivity contribution is -0.218. The average Bonchev–Trinajstić information content (AvgIpc) is 1.83. The van der Waals surface area contributed by atoms with Gasteiger partial charge in [0, 0.05) is 0 Å². The van der Waals surface area contributed by atoms with Crippen LogP contribution in [0.15, 0.2) is 0 Å². The molecule has 0 aliphatic rings. The summed E-state index contributed by atoms with van der Waals surface area (Å²) in [5.41, 5.74) is 1.32. The van der Waals surface area contributed by atoms with E-state index in [1.165, 1.54) is 0 Å². The minimum Gasteiger partial charge on any atom is -0.369 e. The molecule has 11 heavy (non-hydrogen) atoms. The molecule has 0 radical (unpaired) electrons. The predicted octanol–water partition coefficient (Wildman–Crippen LogP) is 1.01. The van der Waals surface area contributed by atoms with Crippen molar-refractivity contribution >= 4 is 5.91 Å². The van der Waals surface area contributed by atoms with Gasteiger partial charge in [0.05, 0.1) is 0 Å². The van der Waals surface area contributed by atoms with Crippen molar-refractivity contribution in [3.63, 3.8) is 0 Å². The number of hydrogen-bond donors (Lipinski definition) is 1. The highest BCUT2D eigenvalue weighted by Crippen LogP contribution is 2.37. The van der Waals surface area contributed by atoms with Crippen LogP contribution in [0.25, 0.3) is 0 Å². The molecule has 0 heterocycles. The number of amides is 1. The molecule has 2 N–H and O–H groups in total. The highest BCUT2D eigenvalue weighted by Gasteiger charge is 2.56. The number of halogens is 4. The molecular weight excluding hydrogens is 166 g/mol. The van der Waals surface area contributed by atoms with Gasteiger partial charge in [0.15, 0.2) is 5.41 Å². The van der Waals surface area contributed by atoms with Gasteiger partial charge in [0.2, 0.25) is 5.91 Å². The van der Waals surface area contributed by atoms with Gasteiger partial charge in [-0.15, -0.1) is 0 Å². The van der Waals surface area contributed by atoms with E-state index in [2.05, 4.69) is 5.73 Å². The van der Waals surface area contributed by atoms with E-state index in [1.807, 2.05) is 0 Å². The molecule has 0 saturated carbocycles. The number of alkyl halides is 4. The maximum Gasteiger partial charge on any atom is 0.405 e. The van der Waals surface area contributed by atoms with Crippen molar-refractivity contribution in [3.8, 4) is 0 Å². The minimum atomic E-state index is -4.92. The first-order valence-corrected chi connectivity index (χ1v) is 2.68. The lowest BCUT2D eigenvalue weighted by atomic mass is 9.91. The van der Waals surface area contributed by atoms with Gasteiger partial charge >= 0.3 is 6.18 Å². The number of nitrogens with two attached hydrogens (primary N) is 1. The van der Waals surface area contributed by atoms with Gasteiger partial charge in [-0.25, -0.2) is 4.39 Å². The average molecular weight is 173 g/mol. The standard InChI is InChI=1S/C5H7F4NO/c1-4(2-6,3(10)11)5(7,8)9/h2H2,1H3,(H2,10,11). The molecule has 1 atom stereocenters.